The Morgan fingerprint density at radius 3 is 2.11 bits per heavy atom. The van der Waals surface area contributed by atoms with Crippen molar-refractivity contribution in [2.45, 2.75) is 6.17 Å². The summed E-state index contributed by atoms with van der Waals surface area (Å²) < 4.78 is 12.0. The zero-order chi connectivity index (χ0) is 7.44. The van der Waals surface area contributed by atoms with Crippen LogP contribution in [0.25, 0.3) is 0 Å². The lowest BCUT2D eigenvalue weighted by Crippen LogP contribution is -2.22. The maximum absolute atomic E-state index is 12.0. The molecule has 9 heavy (non-hydrogen) atoms. The molecule has 5 heteroatoms. The molecule has 1 atom stereocenters. The van der Waals surface area contributed by atoms with E-state index in [2.05, 4.69) is 11.6 Å². The second-order valence-corrected chi connectivity index (χ2v) is 1.91. The number of rotatable bonds is 3. The summed E-state index contributed by atoms with van der Waals surface area (Å²) in [7, 11) is 0. The monoisotopic (exact) mass is 172 g/mol. The van der Waals surface area contributed by atoms with Gasteiger partial charge < -0.3 is 0 Å². The van der Waals surface area contributed by atoms with Crippen molar-refractivity contribution in [1.82, 2.24) is 0 Å². The first-order valence-corrected chi connectivity index (χ1v) is 2.93. The van der Waals surface area contributed by atoms with Crippen LogP contribution in [0, 0.1) is 0 Å². The molecular formula is C4H3Cl2FO2. The number of carbonyl (C=O) groups excluding carboxylic acids is 2. The van der Waals surface area contributed by atoms with Crippen LogP contribution in [0.15, 0.2) is 0 Å². The molecule has 52 valence electrons. The number of alkyl halides is 2. The van der Waals surface area contributed by atoms with E-state index in [0.29, 0.717) is 0 Å². The molecule has 0 aliphatic heterocycles. The van der Waals surface area contributed by atoms with Crippen molar-refractivity contribution in [3.8, 4) is 0 Å². The summed E-state index contributed by atoms with van der Waals surface area (Å²) in [6, 6.07) is 0. The van der Waals surface area contributed by atoms with Crippen molar-refractivity contribution in [3.05, 3.63) is 0 Å². The summed E-state index contributed by atoms with van der Waals surface area (Å²) >= 11 is 9.50. The summed E-state index contributed by atoms with van der Waals surface area (Å²) in [4.78, 5) is 20.0. The van der Waals surface area contributed by atoms with Crippen LogP contribution in [0.1, 0.15) is 0 Å². The number of Topliss-reactive ketones (excluding diaryl/α,β-unsaturated/α-hetero) is 1. The Bertz CT molecular complexity index is 137. The molecule has 0 fully saturated rings. The van der Waals surface area contributed by atoms with Crippen LogP contribution in [-0.4, -0.2) is 23.1 Å². The normalized spacial score (nSPS) is 12.8. The van der Waals surface area contributed by atoms with Gasteiger partial charge in [-0.1, -0.05) is 0 Å². The molecule has 0 aromatic heterocycles. The first kappa shape index (κ1) is 8.85. The molecule has 0 aromatic carbocycles. The van der Waals surface area contributed by atoms with Crippen LogP contribution in [-0.2, 0) is 9.59 Å². The number of carbonyl (C=O) groups is 2. The van der Waals surface area contributed by atoms with Crippen molar-refractivity contribution < 1.29 is 14.0 Å². The number of hydrogen-bond acceptors (Lipinski definition) is 2. The van der Waals surface area contributed by atoms with Gasteiger partial charge in [-0.3, -0.25) is 9.59 Å². The van der Waals surface area contributed by atoms with Crippen LogP contribution in [0.5, 0.6) is 0 Å². The van der Waals surface area contributed by atoms with E-state index in [1.54, 1.807) is 0 Å². The second kappa shape index (κ2) is 3.80. The van der Waals surface area contributed by atoms with Gasteiger partial charge in [0.25, 0.3) is 5.24 Å². The zero-order valence-corrected chi connectivity index (χ0v) is 5.75. The van der Waals surface area contributed by atoms with Gasteiger partial charge in [0.1, 0.15) is 0 Å². The average Bonchev–Trinajstić information content (AvgIpc) is 1.84. The van der Waals surface area contributed by atoms with Crippen LogP contribution in [0.4, 0.5) is 4.39 Å². The van der Waals surface area contributed by atoms with Gasteiger partial charge in [-0.2, -0.15) is 0 Å². The molecule has 0 aliphatic rings. The standard InChI is InChI=1S/C4H3Cl2FO2/c5-1-2(8)3(7)4(6)9/h3H,1H2. The predicted molar refractivity (Wildman–Crippen MR) is 31.5 cm³/mol. The lowest BCUT2D eigenvalue weighted by molar-refractivity contribution is -0.128. The summed E-state index contributed by atoms with van der Waals surface area (Å²) in [5.74, 6) is -1.53. The summed E-state index contributed by atoms with van der Waals surface area (Å²) in [6.07, 6.45) is -2.26. The minimum atomic E-state index is -2.26. The fraction of sp³-hybridized carbons (Fsp3) is 0.500. The maximum Gasteiger partial charge on any atom is 0.263 e. The molecule has 0 aliphatic carbocycles. The quantitative estimate of drug-likeness (QED) is 0.361. The van der Waals surface area contributed by atoms with E-state index in [1.165, 1.54) is 0 Å². The number of hydrogen-bond donors (Lipinski definition) is 0. The SMILES string of the molecule is O=C(Cl)C(F)C(=O)CCl. The molecular weight excluding hydrogens is 170 g/mol. The van der Waals surface area contributed by atoms with E-state index in [0.717, 1.165) is 0 Å². The van der Waals surface area contributed by atoms with E-state index in [4.69, 9.17) is 11.6 Å². The van der Waals surface area contributed by atoms with Crippen LogP contribution >= 0.6 is 23.2 Å². The molecule has 0 aromatic rings. The van der Waals surface area contributed by atoms with Gasteiger partial charge in [0, 0.05) is 0 Å². The third-order valence-electron chi connectivity index (χ3n) is 0.614. The van der Waals surface area contributed by atoms with Gasteiger partial charge in [-0.05, 0) is 11.6 Å². The number of ketones is 1. The minimum Gasteiger partial charge on any atom is -0.294 e. The zero-order valence-electron chi connectivity index (χ0n) is 4.23. The number of halogens is 3. The highest BCUT2D eigenvalue weighted by molar-refractivity contribution is 6.66. The summed E-state index contributed by atoms with van der Waals surface area (Å²) in [5, 5.41) is -1.32. The van der Waals surface area contributed by atoms with Crippen molar-refractivity contribution in [2.75, 3.05) is 5.88 Å². The van der Waals surface area contributed by atoms with Crippen molar-refractivity contribution >= 4 is 34.2 Å². The highest BCUT2D eigenvalue weighted by atomic mass is 35.5. The predicted octanol–water partition coefficient (Wildman–Crippen LogP) is 0.898. The highest BCUT2D eigenvalue weighted by Gasteiger charge is 2.22. The fourth-order valence-electron chi connectivity index (χ4n) is 0.194. The minimum absolute atomic E-state index is 0.528. The molecule has 0 heterocycles. The molecule has 0 bridgehead atoms. The van der Waals surface area contributed by atoms with E-state index >= 15 is 0 Å². The largest absolute Gasteiger partial charge is 0.294 e. The van der Waals surface area contributed by atoms with Crippen LogP contribution in [0.2, 0.25) is 0 Å². The van der Waals surface area contributed by atoms with Gasteiger partial charge in [-0.25, -0.2) is 4.39 Å². The molecule has 0 radical (unpaired) electrons. The second-order valence-electron chi connectivity index (χ2n) is 1.27. The van der Waals surface area contributed by atoms with E-state index in [-0.39, 0.29) is 0 Å². The maximum atomic E-state index is 12.0. The van der Waals surface area contributed by atoms with Crippen molar-refractivity contribution in [1.29, 1.82) is 0 Å². The van der Waals surface area contributed by atoms with Gasteiger partial charge >= 0.3 is 0 Å². The lowest BCUT2D eigenvalue weighted by atomic mass is 10.3. The Balaban J connectivity index is 3.88. The summed E-state index contributed by atoms with van der Waals surface area (Å²) in [5.41, 5.74) is 0. The highest BCUT2D eigenvalue weighted by Crippen LogP contribution is 1.99. The summed E-state index contributed by atoms with van der Waals surface area (Å²) in [6.45, 7) is 0. The fourth-order valence-corrected chi connectivity index (χ4v) is 0.451. The molecule has 0 saturated carbocycles. The Hall–Kier alpha value is -0.150. The van der Waals surface area contributed by atoms with Crippen molar-refractivity contribution in [2.24, 2.45) is 0 Å². The molecule has 2 nitrogen and oxygen atoms in total. The lowest BCUT2D eigenvalue weighted by Gasteiger charge is -1.94. The smallest absolute Gasteiger partial charge is 0.263 e. The van der Waals surface area contributed by atoms with Gasteiger partial charge in [-0.15, -0.1) is 11.6 Å². The third kappa shape index (κ3) is 2.77. The first-order chi connectivity index (χ1) is 4.09. The Kier molecular flexibility index (Phi) is 3.73. The molecule has 0 rings (SSSR count). The third-order valence-corrected chi connectivity index (χ3v) is 1.07. The Labute approximate surface area is 60.9 Å². The van der Waals surface area contributed by atoms with Gasteiger partial charge in [0.2, 0.25) is 6.17 Å². The van der Waals surface area contributed by atoms with Crippen LogP contribution in [0.3, 0.4) is 0 Å². The molecule has 0 amide bonds. The van der Waals surface area contributed by atoms with Gasteiger partial charge in [0.15, 0.2) is 5.78 Å². The molecule has 1 unspecified atom stereocenters. The topological polar surface area (TPSA) is 34.1 Å². The van der Waals surface area contributed by atoms with Crippen molar-refractivity contribution in [3.63, 3.8) is 0 Å². The average molecular weight is 173 g/mol. The molecule has 0 spiro atoms. The Morgan fingerprint density at radius 1 is 1.56 bits per heavy atom. The Morgan fingerprint density at radius 2 is 2.00 bits per heavy atom. The molecule has 0 N–H and O–H groups in total. The molecule has 0 saturated heterocycles. The van der Waals surface area contributed by atoms with E-state index in [1.807, 2.05) is 0 Å². The van der Waals surface area contributed by atoms with Gasteiger partial charge in [0.05, 0.1) is 5.88 Å². The van der Waals surface area contributed by atoms with Crippen LogP contribution < -0.4 is 0 Å². The van der Waals surface area contributed by atoms with E-state index < -0.39 is 23.1 Å². The van der Waals surface area contributed by atoms with E-state index in [9.17, 15) is 14.0 Å². The first-order valence-electron chi connectivity index (χ1n) is 2.01.